The summed E-state index contributed by atoms with van der Waals surface area (Å²) in [6, 6.07) is 8.69. The van der Waals surface area contributed by atoms with Crippen molar-refractivity contribution in [2.45, 2.75) is 11.7 Å². The molecule has 8 nitrogen and oxygen atoms in total. The Morgan fingerprint density at radius 3 is 2.93 bits per heavy atom. The second-order valence-corrected chi connectivity index (χ2v) is 6.93. The Hall–Kier alpha value is -2.36. The average molecular weight is 390 g/mol. The van der Waals surface area contributed by atoms with Crippen molar-refractivity contribution in [3.8, 4) is 5.75 Å². The topological polar surface area (TPSA) is 96.5 Å². The lowest BCUT2D eigenvalue weighted by molar-refractivity contribution is -0.113. The molecule has 0 bridgehead atoms. The number of amides is 1. The van der Waals surface area contributed by atoms with Crippen LogP contribution in [-0.4, -0.2) is 59.9 Å². The number of hydrogen-bond donors (Lipinski definition) is 2. The summed E-state index contributed by atoms with van der Waals surface area (Å²) < 4.78 is 10.5. The molecule has 0 unspecified atom stereocenters. The van der Waals surface area contributed by atoms with Gasteiger partial charge in [0.15, 0.2) is 5.16 Å². The van der Waals surface area contributed by atoms with Gasteiger partial charge in [-0.25, -0.2) is 4.98 Å². The van der Waals surface area contributed by atoms with Crippen molar-refractivity contribution in [1.29, 1.82) is 0 Å². The number of nitrogens with zero attached hydrogens (tertiary/aromatic N) is 2. The number of morpholine rings is 1. The molecule has 0 atom stereocenters. The largest absolute Gasteiger partial charge is 0.495 e. The summed E-state index contributed by atoms with van der Waals surface area (Å²) in [4.78, 5) is 33.4. The molecule has 0 radical (unpaired) electrons. The van der Waals surface area contributed by atoms with Gasteiger partial charge in [-0.15, -0.1) is 0 Å². The summed E-state index contributed by atoms with van der Waals surface area (Å²) in [7, 11) is 1.55. The second-order valence-electron chi connectivity index (χ2n) is 5.97. The molecule has 1 aromatic heterocycles. The van der Waals surface area contributed by atoms with Crippen LogP contribution >= 0.6 is 11.8 Å². The number of benzene rings is 1. The van der Waals surface area contributed by atoms with Crippen LogP contribution in [0.25, 0.3) is 0 Å². The third kappa shape index (κ3) is 5.81. The van der Waals surface area contributed by atoms with Gasteiger partial charge in [0.2, 0.25) is 5.91 Å². The number of anilines is 1. The minimum atomic E-state index is -0.221. The maximum Gasteiger partial charge on any atom is 0.251 e. The van der Waals surface area contributed by atoms with Crippen molar-refractivity contribution >= 4 is 23.4 Å². The number of aromatic amines is 1. The minimum Gasteiger partial charge on any atom is -0.495 e. The van der Waals surface area contributed by atoms with E-state index in [9.17, 15) is 9.59 Å². The normalized spacial score (nSPS) is 14.7. The zero-order chi connectivity index (χ0) is 19.1. The highest BCUT2D eigenvalue weighted by Gasteiger charge is 2.13. The molecule has 2 aromatic rings. The monoisotopic (exact) mass is 390 g/mol. The third-order valence-corrected chi connectivity index (χ3v) is 4.86. The Labute approximate surface area is 161 Å². The van der Waals surface area contributed by atoms with Gasteiger partial charge >= 0.3 is 0 Å². The van der Waals surface area contributed by atoms with Crippen LogP contribution in [0.15, 0.2) is 40.3 Å². The van der Waals surface area contributed by atoms with Crippen molar-refractivity contribution in [2.24, 2.45) is 0 Å². The van der Waals surface area contributed by atoms with E-state index in [0.717, 1.165) is 13.1 Å². The Morgan fingerprint density at radius 1 is 1.37 bits per heavy atom. The summed E-state index contributed by atoms with van der Waals surface area (Å²) >= 11 is 1.19. The molecule has 1 amide bonds. The van der Waals surface area contributed by atoms with E-state index < -0.39 is 0 Å². The molecule has 0 saturated carbocycles. The first-order chi connectivity index (χ1) is 13.1. The molecule has 144 valence electrons. The summed E-state index contributed by atoms with van der Waals surface area (Å²) in [6.45, 7) is 3.60. The fourth-order valence-electron chi connectivity index (χ4n) is 2.69. The highest BCUT2D eigenvalue weighted by Crippen LogP contribution is 2.23. The van der Waals surface area contributed by atoms with E-state index in [1.165, 1.54) is 17.8 Å². The lowest BCUT2D eigenvalue weighted by Gasteiger charge is -2.26. The number of hydrogen-bond acceptors (Lipinski definition) is 7. The standard InChI is InChI=1S/C18H22N4O4S/c1-25-15-5-3-2-4-14(15)20-17(24)12-27-18-19-13(10-16(23)21-18)11-22-6-8-26-9-7-22/h2-5,10H,6-9,11-12H2,1H3,(H,20,24)(H,19,21,23). The Bertz CT molecular complexity index is 836. The van der Waals surface area contributed by atoms with Crippen molar-refractivity contribution < 1.29 is 14.3 Å². The molecule has 3 rings (SSSR count). The van der Waals surface area contributed by atoms with E-state index in [1.54, 1.807) is 19.2 Å². The first kappa shape index (κ1) is 19.4. The number of thioether (sulfide) groups is 1. The fourth-order valence-corrected chi connectivity index (χ4v) is 3.38. The number of para-hydroxylation sites is 2. The van der Waals surface area contributed by atoms with Gasteiger partial charge in [0.1, 0.15) is 5.75 Å². The number of aromatic nitrogens is 2. The molecule has 2 heterocycles. The molecule has 2 N–H and O–H groups in total. The molecule has 1 fully saturated rings. The van der Waals surface area contributed by atoms with E-state index in [-0.39, 0.29) is 17.2 Å². The molecule has 1 aliphatic heterocycles. The predicted molar refractivity (Wildman–Crippen MR) is 103 cm³/mol. The van der Waals surface area contributed by atoms with Crippen LogP contribution in [0.1, 0.15) is 5.69 Å². The number of carbonyl (C=O) groups excluding carboxylic acids is 1. The smallest absolute Gasteiger partial charge is 0.251 e. The molecule has 0 aliphatic carbocycles. The van der Waals surface area contributed by atoms with Crippen LogP contribution in [0.3, 0.4) is 0 Å². The first-order valence-corrected chi connectivity index (χ1v) is 9.58. The van der Waals surface area contributed by atoms with Crippen LogP contribution in [0.4, 0.5) is 5.69 Å². The van der Waals surface area contributed by atoms with Crippen molar-refractivity contribution in [1.82, 2.24) is 14.9 Å². The predicted octanol–water partition coefficient (Wildman–Crippen LogP) is 1.34. The maximum atomic E-state index is 12.2. The van der Waals surface area contributed by atoms with Gasteiger partial charge < -0.3 is 19.8 Å². The molecule has 27 heavy (non-hydrogen) atoms. The van der Waals surface area contributed by atoms with Crippen molar-refractivity contribution in [2.75, 3.05) is 44.5 Å². The lowest BCUT2D eigenvalue weighted by atomic mass is 10.3. The first-order valence-electron chi connectivity index (χ1n) is 8.60. The number of methoxy groups -OCH3 is 1. The van der Waals surface area contributed by atoms with Gasteiger partial charge in [0, 0.05) is 25.7 Å². The van der Waals surface area contributed by atoms with Crippen LogP contribution in [0.5, 0.6) is 5.75 Å². The number of nitrogens with one attached hydrogen (secondary N) is 2. The summed E-state index contributed by atoms with van der Waals surface area (Å²) in [5.74, 6) is 0.516. The quantitative estimate of drug-likeness (QED) is 0.544. The lowest BCUT2D eigenvalue weighted by Crippen LogP contribution is -2.36. The maximum absolute atomic E-state index is 12.2. The number of ether oxygens (including phenoxy) is 2. The van der Waals surface area contributed by atoms with Crippen LogP contribution in [0, 0.1) is 0 Å². The SMILES string of the molecule is COc1ccccc1NC(=O)CSc1nc(CN2CCOCC2)cc(=O)[nH]1. The van der Waals surface area contributed by atoms with Gasteiger partial charge in [-0.05, 0) is 12.1 Å². The highest BCUT2D eigenvalue weighted by molar-refractivity contribution is 7.99. The van der Waals surface area contributed by atoms with E-state index in [1.807, 2.05) is 12.1 Å². The zero-order valence-corrected chi connectivity index (χ0v) is 15.9. The molecule has 1 saturated heterocycles. The zero-order valence-electron chi connectivity index (χ0n) is 15.1. The number of carbonyl (C=O) groups is 1. The molecule has 1 aliphatic rings. The Kier molecular flexibility index (Phi) is 6.86. The van der Waals surface area contributed by atoms with Crippen LogP contribution < -0.4 is 15.6 Å². The fraction of sp³-hybridized carbons (Fsp3) is 0.389. The van der Waals surface area contributed by atoms with Gasteiger partial charge in [-0.2, -0.15) is 0 Å². The average Bonchev–Trinajstić information content (AvgIpc) is 2.67. The van der Waals surface area contributed by atoms with E-state index in [2.05, 4.69) is 20.2 Å². The number of rotatable bonds is 7. The van der Waals surface area contributed by atoms with E-state index >= 15 is 0 Å². The summed E-state index contributed by atoms with van der Waals surface area (Å²) in [5.41, 5.74) is 1.07. The van der Waals surface area contributed by atoms with E-state index in [4.69, 9.17) is 9.47 Å². The van der Waals surface area contributed by atoms with E-state index in [0.29, 0.717) is 42.0 Å². The van der Waals surface area contributed by atoms with Gasteiger partial charge in [0.05, 0.1) is 37.5 Å². The van der Waals surface area contributed by atoms with Crippen LogP contribution in [-0.2, 0) is 16.1 Å². The second kappa shape index (κ2) is 9.54. The molecule has 1 aromatic carbocycles. The Balaban J connectivity index is 1.58. The van der Waals surface area contributed by atoms with Crippen molar-refractivity contribution in [3.05, 3.63) is 46.4 Å². The van der Waals surface area contributed by atoms with Gasteiger partial charge in [0.25, 0.3) is 5.56 Å². The molecule has 9 heteroatoms. The minimum absolute atomic E-state index is 0.127. The number of H-pyrrole nitrogens is 1. The molecular formula is C18H22N4O4S. The van der Waals surface area contributed by atoms with Gasteiger partial charge in [-0.1, -0.05) is 23.9 Å². The van der Waals surface area contributed by atoms with Gasteiger partial charge in [-0.3, -0.25) is 14.5 Å². The van der Waals surface area contributed by atoms with Crippen molar-refractivity contribution in [3.63, 3.8) is 0 Å². The molecular weight excluding hydrogens is 368 g/mol. The summed E-state index contributed by atoms with van der Waals surface area (Å²) in [6.07, 6.45) is 0. The summed E-state index contributed by atoms with van der Waals surface area (Å²) in [5, 5.41) is 3.23. The molecule has 0 spiro atoms. The highest BCUT2D eigenvalue weighted by atomic mass is 32.2. The Morgan fingerprint density at radius 2 is 2.15 bits per heavy atom. The van der Waals surface area contributed by atoms with Crippen LogP contribution in [0.2, 0.25) is 0 Å². The third-order valence-electron chi connectivity index (χ3n) is 3.98.